The summed E-state index contributed by atoms with van der Waals surface area (Å²) in [5.74, 6) is -0.282. The molecule has 0 unspecified atom stereocenters. The molecule has 1 aromatic heterocycles. The van der Waals surface area contributed by atoms with E-state index in [9.17, 15) is 13.2 Å². The molecular weight excluding hydrogens is 294 g/mol. The van der Waals surface area contributed by atoms with Gasteiger partial charge < -0.3 is 10.5 Å². The van der Waals surface area contributed by atoms with Crippen LogP contribution in [0, 0.1) is 5.92 Å². The summed E-state index contributed by atoms with van der Waals surface area (Å²) in [5.41, 5.74) is 5.45. The van der Waals surface area contributed by atoms with Gasteiger partial charge in [-0.15, -0.1) is 0 Å². The second-order valence-corrected chi connectivity index (χ2v) is 6.85. The molecule has 0 saturated heterocycles. The fourth-order valence-corrected chi connectivity index (χ4v) is 3.19. The average Bonchev–Trinajstić information content (AvgIpc) is 2.38. The van der Waals surface area contributed by atoms with E-state index < -0.39 is 16.0 Å². The first kappa shape index (κ1) is 17.4. The Morgan fingerprint density at radius 3 is 2.57 bits per heavy atom. The van der Waals surface area contributed by atoms with Gasteiger partial charge in [-0.25, -0.2) is 13.4 Å². The molecule has 0 spiro atoms. The number of sulfonamides is 1. The highest BCUT2D eigenvalue weighted by molar-refractivity contribution is 7.89. The molecule has 0 radical (unpaired) electrons. The van der Waals surface area contributed by atoms with E-state index in [0.717, 1.165) is 4.31 Å². The van der Waals surface area contributed by atoms with Crippen LogP contribution in [0.15, 0.2) is 23.2 Å². The van der Waals surface area contributed by atoms with Gasteiger partial charge >= 0.3 is 5.97 Å². The van der Waals surface area contributed by atoms with Crippen molar-refractivity contribution in [2.24, 2.45) is 5.92 Å². The Kier molecular flexibility index (Phi) is 6.10. The molecular formula is C13H21N3O4S. The van der Waals surface area contributed by atoms with Gasteiger partial charge in [0.1, 0.15) is 17.3 Å². The molecule has 7 nitrogen and oxygen atoms in total. The third-order valence-electron chi connectivity index (χ3n) is 2.58. The predicted molar refractivity (Wildman–Crippen MR) is 78.9 cm³/mol. The lowest BCUT2D eigenvalue weighted by molar-refractivity contribution is -0.143. The first-order valence-corrected chi connectivity index (χ1v) is 8.08. The van der Waals surface area contributed by atoms with E-state index >= 15 is 0 Å². The van der Waals surface area contributed by atoms with E-state index in [1.807, 2.05) is 13.8 Å². The zero-order valence-corrected chi connectivity index (χ0v) is 13.3. The van der Waals surface area contributed by atoms with Crippen molar-refractivity contribution in [3.8, 4) is 0 Å². The second-order valence-electron chi connectivity index (χ2n) is 4.92. The van der Waals surface area contributed by atoms with Crippen molar-refractivity contribution in [3.63, 3.8) is 0 Å². The van der Waals surface area contributed by atoms with E-state index in [2.05, 4.69) is 4.98 Å². The zero-order chi connectivity index (χ0) is 16.0. The normalized spacial score (nSPS) is 11.9. The van der Waals surface area contributed by atoms with Crippen LogP contribution in [0.5, 0.6) is 0 Å². The molecule has 0 saturated carbocycles. The highest BCUT2D eigenvalue weighted by atomic mass is 32.2. The van der Waals surface area contributed by atoms with Crippen molar-refractivity contribution in [2.75, 3.05) is 25.4 Å². The van der Waals surface area contributed by atoms with Crippen LogP contribution in [0.3, 0.4) is 0 Å². The standard InChI is InChI=1S/C13H21N3O4S/c1-4-20-13(17)9-16(8-10(2)3)21(18,19)11-5-6-12(14)15-7-11/h5-7,10H,4,8-9H2,1-3H3,(H2,14,15). The van der Waals surface area contributed by atoms with Gasteiger partial charge in [-0.05, 0) is 25.0 Å². The molecule has 0 aromatic carbocycles. The number of nitrogens with zero attached hydrogens (tertiary/aromatic N) is 2. The summed E-state index contributed by atoms with van der Waals surface area (Å²) >= 11 is 0. The van der Waals surface area contributed by atoms with Crippen LogP contribution < -0.4 is 5.73 Å². The van der Waals surface area contributed by atoms with E-state index in [0.29, 0.717) is 0 Å². The maximum atomic E-state index is 12.6. The molecule has 8 heteroatoms. The van der Waals surface area contributed by atoms with E-state index in [4.69, 9.17) is 10.5 Å². The minimum absolute atomic E-state index is 0.00153. The lowest BCUT2D eigenvalue weighted by atomic mass is 10.2. The average molecular weight is 315 g/mol. The van der Waals surface area contributed by atoms with Crippen LogP contribution in [0.25, 0.3) is 0 Å². The molecule has 1 heterocycles. The fraction of sp³-hybridized carbons (Fsp3) is 0.538. The van der Waals surface area contributed by atoms with Crippen LogP contribution in [0.1, 0.15) is 20.8 Å². The number of nitrogen functional groups attached to an aromatic ring is 1. The monoisotopic (exact) mass is 315 g/mol. The Bertz CT molecular complexity index is 570. The summed E-state index contributed by atoms with van der Waals surface area (Å²) in [6.07, 6.45) is 1.18. The summed E-state index contributed by atoms with van der Waals surface area (Å²) in [4.78, 5) is 15.4. The van der Waals surface area contributed by atoms with Crippen molar-refractivity contribution >= 4 is 21.8 Å². The Morgan fingerprint density at radius 1 is 1.43 bits per heavy atom. The lowest BCUT2D eigenvalue weighted by Crippen LogP contribution is -2.39. The quantitative estimate of drug-likeness (QED) is 0.749. The highest BCUT2D eigenvalue weighted by Crippen LogP contribution is 2.17. The fourth-order valence-electron chi connectivity index (χ4n) is 1.70. The lowest BCUT2D eigenvalue weighted by Gasteiger charge is -2.22. The van der Waals surface area contributed by atoms with Gasteiger partial charge in [-0.1, -0.05) is 13.8 Å². The number of hydrogen-bond acceptors (Lipinski definition) is 6. The number of pyridine rings is 1. The number of esters is 1. The number of ether oxygens (including phenoxy) is 1. The molecule has 1 aromatic rings. The molecule has 0 aliphatic carbocycles. The van der Waals surface area contributed by atoms with E-state index in [1.54, 1.807) is 6.92 Å². The van der Waals surface area contributed by atoms with Crippen molar-refractivity contribution in [3.05, 3.63) is 18.3 Å². The topological polar surface area (TPSA) is 103 Å². The smallest absolute Gasteiger partial charge is 0.321 e. The predicted octanol–water partition coefficient (Wildman–Crippen LogP) is 0.874. The Labute approximate surface area is 125 Å². The first-order valence-electron chi connectivity index (χ1n) is 6.64. The Hall–Kier alpha value is -1.67. The number of carbonyl (C=O) groups is 1. The van der Waals surface area contributed by atoms with Crippen LogP contribution in [-0.2, 0) is 19.6 Å². The van der Waals surface area contributed by atoms with Gasteiger partial charge in [-0.2, -0.15) is 4.31 Å². The molecule has 2 N–H and O–H groups in total. The molecule has 21 heavy (non-hydrogen) atoms. The molecule has 1 rings (SSSR count). The number of hydrogen-bond donors (Lipinski definition) is 1. The zero-order valence-electron chi connectivity index (χ0n) is 12.4. The molecule has 0 amide bonds. The minimum Gasteiger partial charge on any atom is -0.465 e. The largest absolute Gasteiger partial charge is 0.465 e. The Balaban J connectivity index is 3.05. The second kappa shape index (κ2) is 7.37. The van der Waals surface area contributed by atoms with Gasteiger partial charge in [0.25, 0.3) is 0 Å². The SMILES string of the molecule is CCOC(=O)CN(CC(C)C)S(=O)(=O)c1ccc(N)nc1. The van der Waals surface area contributed by atoms with E-state index in [-0.39, 0.29) is 36.3 Å². The number of anilines is 1. The minimum atomic E-state index is -3.81. The number of nitrogens with two attached hydrogens (primary N) is 1. The van der Waals surface area contributed by atoms with Crippen LogP contribution in [0.2, 0.25) is 0 Å². The molecule has 0 bridgehead atoms. The van der Waals surface area contributed by atoms with Crippen LogP contribution in [0.4, 0.5) is 5.82 Å². The summed E-state index contributed by atoms with van der Waals surface area (Å²) in [7, 11) is -3.81. The van der Waals surface area contributed by atoms with Gasteiger partial charge in [-0.3, -0.25) is 4.79 Å². The van der Waals surface area contributed by atoms with Gasteiger partial charge in [0.2, 0.25) is 10.0 Å². The molecule has 0 atom stereocenters. The summed E-state index contributed by atoms with van der Waals surface area (Å²) in [6, 6.07) is 2.78. The Morgan fingerprint density at radius 2 is 2.10 bits per heavy atom. The summed E-state index contributed by atoms with van der Waals surface area (Å²) in [6.45, 7) is 5.51. The molecule has 0 aliphatic heterocycles. The molecule has 0 aliphatic rings. The van der Waals surface area contributed by atoms with Gasteiger partial charge in [0.15, 0.2) is 0 Å². The van der Waals surface area contributed by atoms with Crippen molar-refractivity contribution in [1.29, 1.82) is 0 Å². The van der Waals surface area contributed by atoms with Crippen LogP contribution in [-0.4, -0.2) is 43.4 Å². The maximum Gasteiger partial charge on any atom is 0.321 e. The highest BCUT2D eigenvalue weighted by Gasteiger charge is 2.28. The van der Waals surface area contributed by atoms with Gasteiger partial charge in [0.05, 0.1) is 6.61 Å². The molecule has 118 valence electrons. The van der Waals surface area contributed by atoms with Crippen LogP contribution >= 0.6 is 0 Å². The summed E-state index contributed by atoms with van der Waals surface area (Å²) in [5, 5.41) is 0. The third-order valence-corrected chi connectivity index (χ3v) is 4.37. The first-order chi connectivity index (χ1) is 9.77. The van der Waals surface area contributed by atoms with Crippen molar-refractivity contribution in [1.82, 2.24) is 9.29 Å². The number of carbonyl (C=O) groups excluding carboxylic acids is 1. The summed E-state index contributed by atoms with van der Waals surface area (Å²) < 4.78 is 31.0. The van der Waals surface area contributed by atoms with Gasteiger partial charge in [0, 0.05) is 12.7 Å². The molecule has 0 fully saturated rings. The maximum absolute atomic E-state index is 12.6. The van der Waals surface area contributed by atoms with Crippen molar-refractivity contribution < 1.29 is 17.9 Å². The number of aromatic nitrogens is 1. The van der Waals surface area contributed by atoms with E-state index in [1.165, 1.54) is 18.3 Å². The van der Waals surface area contributed by atoms with Crippen molar-refractivity contribution in [2.45, 2.75) is 25.7 Å². The third kappa shape index (κ3) is 4.98. The number of rotatable bonds is 7.